The van der Waals surface area contributed by atoms with Crippen LogP contribution in [0.1, 0.15) is 64.2 Å². The smallest absolute Gasteiger partial charge is 0.220 e. The van der Waals surface area contributed by atoms with Gasteiger partial charge < -0.3 is 19.5 Å². The highest BCUT2D eigenvalue weighted by atomic mass is 19.2. The Labute approximate surface area is 217 Å². The number of rotatable bonds is 8. The second-order valence-corrected chi connectivity index (χ2v) is 11.3. The van der Waals surface area contributed by atoms with E-state index in [1.807, 2.05) is 0 Å². The molecule has 1 saturated heterocycles. The summed E-state index contributed by atoms with van der Waals surface area (Å²) in [5.74, 6) is 0.251. The van der Waals surface area contributed by atoms with Gasteiger partial charge in [0.2, 0.25) is 5.91 Å². The lowest BCUT2D eigenvalue weighted by Crippen LogP contribution is -2.47. The highest BCUT2D eigenvalue weighted by Gasteiger charge is 2.27. The molecule has 3 fully saturated rings. The molecule has 0 spiro atoms. The Morgan fingerprint density at radius 2 is 1.68 bits per heavy atom. The van der Waals surface area contributed by atoms with Gasteiger partial charge in [0.1, 0.15) is 0 Å². The van der Waals surface area contributed by atoms with Crippen LogP contribution in [0, 0.1) is 23.5 Å². The average molecular weight is 519 g/mol. The van der Waals surface area contributed by atoms with Gasteiger partial charge in [0, 0.05) is 51.8 Å². The fraction of sp³-hybridized carbons (Fsp3) is 0.714. The van der Waals surface area contributed by atoms with Gasteiger partial charge in [-0.25, -0.2) is 8.78 Å². The topological polar surface area (TPSA) is 70.8 Å². The van der Waals surface area contributed by atoms with Crippen molar-refractivity contribution in [2.45, 2.75) is 76.4 Å². The number of hydrogen-bond acceptors (Lipinski definition) is 6. The summed E-state index contributed by atoms with van der Waals surface area (Å²) in [6, 6.07) is 2.57. The van der Waals surface area contributed by atoms with E-state index in [0.29, 0.717) is 41.6 Å². The number of nitrogens with zero attached hydrogens (tertiary/aromatic N) is 3. The number of piperazine rings is 1. The largest absolute Gasteiger partial charge is 0.381 e. The number of methoxy groups -OCH3 is 1. The van der Waals surface area contributed by atoms with E-state index in [0.717, 1.165) is 77.3 Å². The molecule has 0 radical (unpaired) electrons. The summed E-state index contributed by atoms with van der Waals surface area (Å²) < 4.78 is 37.9. The number of ether oxygens (including phenoxy) is 1. The Hall–Kier alpha value is -2.26. The van der Waals surface area contributed by atoms with Crippen LogP contribution < -0.4 is 10.2 Å². The third-order valence-electron chi connectivity index (χ3n) is 8.83. The molecule has 9 heteroatoms. The minimum atomic E-state index is -0.920. The maximum Gasteiger partial charge on any atom is 0.220 e. The predicted octanol–water partition coefficient (Wildman–Crippen LogP) is 4.89. The van der Waals surface area contributed by atoms with Crippen LogP contribution in [0.3, 0.4) is 0 Å². The molecule has 0 atom stereocenters. The quantitative estimate of drug-likeness (QED) is 0.537. The first-order valence-electron chi connectivity index (χ1n) is 14.0. The summed E-state index contributed by atoms with van der Waals surface area (Å²) in [7, 11) is 1.78. The lowest BCUT2D eigenvalue weighted by molar-refractivity contribution is -0.123. The fourth-order valence-corrected chi connectivity index (χ4v) is 6.41. The Morgan fingerprint density at radius 3 is 2.38 bits per heavy atom. The molecule has 1 aromatic heterocycles. The minimum absolute atomic E-state index is 0.231. The Bertz CT molecular complexity index is 1040. The molecular weight excluding hydrogens is 478 g/mol. The van der Waals surface area contributed by atoms with Crippen molar-refractivity contribution in [3.63, 3.8) is 0 Å². The van der Waals surface area contributed by atoms with Crippen molar-refractivity contribution >= 4 is 22.7 Å². The molecule has 0 unspecified atom stereocenters. The van der Waals surface area contributed by atoms with Crippen LogP contribution in [0.5, 0.6) is 0 Å². The first-order valence-corrected chi connectivity index (χ1v) is 14.0. The molecule has 7 nitrogen and oxygen atoms in total. The zero-order valence-corrected chi connectivity index (χ0v) is 21.9. The van der Waals surface area contributed by atoms with Gasteiger partial charge in [0.25, 0.3) is 0 Å². The van der Waals surface area contributed by atoms with E-state index in [9.17, 15) is 13.6 Å². The Kier molecular flexibility index (Phi) is 8.60. The van der Waals surface area contributed by atoms with E-state index in [-0.39, 0.29) is 11.5 Å². The summed E-state index contributed by atoms with van der Waals surface area (Å²) in [5.41, 5.74) is 0.275. The van der Waals surface area contributed by atoms with E-state index < -0.39 is 11.6 Å². The van der Waals surface area contributed by atoms with Crippen molar-refractivity contribution in [3.05, 3.63) is 23.8 Å². The lowest BCUT2D eigenvalue weighted by Gasteiger charge is -2.36. The fourth-order valence-electron chi connectivity index (χ4n) is 6.41. The number of halogens is 2. The molecule has 3 aliphatic rings. The molecule has 37 heavy (non-hydrogen) atoms. The monoisotopic (exact) mass is 518 g/mol. The molecule has 1 N–H and O–H groups in total. The van der Waals surface area contributed by atoms with Gasteiger partial charge >= 0.3 is 0 Å². The Balaban J connectivity index is 0.985. The van der Waals surface area contributed by atoms with Crippen molar-refractivity contribution in [1.29, 1.82) is 0 Å². The molecule has 204 valence electrons. The van der Waals surface area contributed by atoms with Gasteiger partial charge in [0.15, 0.2) is 23.0 Å². The van der Waals surface area contributed by atoms with Gasteiger partial charge in [-0.05, 0) is 82.2 Å². The number of carbonyl (C=O) groups is 1. The Morgan fingerprint density at radius 1 is 1.00 bits per heavy atom. The zero-order chi connectivity index (χ0) is 25.8. The van der Waals surface area contributed by atoms with Gasteiger partial charge in [-0.2, -0.15) is 0 Å². The highest BCUT2D eigenvalue weighted by Crippen LogP contribution is 2.31. The number of benzene rings is 1. The third-order valence-corrected chi connectivity index (χ3v) is 8.83. The number of carbonyl (C=O) groups excluding carboxylic acids is 1. The zero-order valence-electron chi connectivity index (χ0n) is 21.9. The molecule has 0 bridgehead atoms. The molecule has 2 aromatic rings. The molecule has 5 rings (SSSR count). The first-order chi connectivity index (χ1) is 18.0. The molecule has 1 aliphatic heterocycles. The van der Waals surface area contributed by atoms with E-state index in [2.05, 4.69) is 20.3 Å². The molecule has 1 aromatic carbocycles. The van der Waals surface area contributed by atoms with Gasteiger partial charge in [-0.3, -0.25) is 9.69 Å². The highest BCUT2D eigenvalue weighted by molar-refractivity contribution is 5.88. The van der Waals surface area contributed by atoms with E-state index in [1.165, 1.54) is 25.3 Å². The summed E-state index contributed by atoms with van der Waals surface area (Å²) in [4.78, 5) is 17.1. The molecule has 1 amide bonds. The summed E-state index contributed by atoms with van der Waals surface area (Å²) in [6.07, 6.45) is 11.1. The average Bonchev–Trinajstić information content (AvgIpc) is 3.31. The van der Waals surface area contributed by atoms with Gasteiger partial charge in [0.05, 0.1) is 11.5 Å². The van der Waals surface area contributed by atoms with Crippen molar-refractivity contribution in [2.24, 2.45) is 11.8 Å². The predicted molar refractivity (Wildman–Crippen MR) is 138 cm³/mol. The molecule has 2 saturated carbocycles. The van der Waals surface area contributed by atoms with Crippen LogP contribution in [0.25, 0.3) is 11.0 Å². The maximum absolute atomic E-state index is 13.7. The number of hydrogen-bond donors (Lipinski definition) is 1. The number of aromatic nitrogens is 1. The lowest BCUT2D eigenvalue weighted by atomic mass is 9.83. The van der Waals surface area contributed by atoms with Crippen molar-refractivity contribution < 1.29 is 22.8 Å². The van der Waals surface area contributed by atoms with Crippen molar-refractivity contribution in [1.82, 2.24) is 15.4 Å². The summed E-state index contributed by atoms with van der Waals surface area (Å²) >= 11 is 0. The van der Waals surface area contributed by atoms with Crippen LogP contribution >= 0.6 is 0 Å². The van der Waals surface area contributed by atoms with E-state index >= 15 is 0 Å². The summed E-state index contributed by atoms with van der Waals surface area (Å²) in [5, 5.41) is 7.91. The van der Waals surface area contributed by atoms with Crippen LogP contribution in [0.4, 0.5) is 14.6 Å². The summed E-state index contributed by atoms with van der Waals surface area (Å²) in [6.45, 7) is 4.46. The number of amides is 1. The van der Waals surface area contributed by atoms with E-state index in [1.54, 1.807) is 7.11 Å². The van der Waals surface area contributed by atoms with Crippen LogP contribution in [0.2, 0.25) is 0 Å². The number of nitrogens with one attached hydrogen (secondary N) is 1. The van der Waals surface area contributed by atoms with Gasteiger partial charge in [-0.15, -0.1) is 0 Å². The SMILES string of the molecule is CO[C@H]1CC[C@H](CC(=O)N[C@H]2CC[C@H](CCN3CCN(c4noc5cc(F)c(F)cc45)CC3)CC2)CC1. The second-order valence-electron chi connectivity index (χ2n) is 11.3. The van der Waals surface area contributed by atoms with Crippen molar-refractivity contribution in [2.75, 3.05) is 44.7 Å². The van der Waals surface area contributed by atoms with Crippen LogP contribution in [0.15, 0.2) is 16.7 Å². The standard InChI is InChI=1S/C28H40F2N4O3/c1-36-22-8-4-20(5-9-22)16-27(35)31-21-6-2-19(3-7-21)10-11-33-12-14-34(15-13-33)28-23-17-24(29)25(30)18-26(23)37-32-28/h17-22H,2-16H2,1H3,(H,31,35)/t19-,20-,21-,22-. The van der Waals surface area contributed by atoms with Gasteiger partial charge in [-0.1, -0.05) is 5.16 Å². The second kappa shape index (κ2) is 12.1. The first kappa shape index (κ1) is 26.4. The molecular formula is C28H40F2N4O3. The van der Waals surface area contributed by atoms with Crippen LogP contribution in [-0.4, -0.2) is 67.9 Å². The number of fused-ring (bicyclic) bond motifs is 1. The number of anilines is 1. The normalized spacial score (nSPS) is 27.5. The van der Waals surface area contributed by atoms with Crippen LogP contribution in [-0.2, 0) is 9.53 Å². The van der Waals surface area contributed by atoms with Crippen molar-refractivity contribution in [3.8, 4) is 0 Å². The third kappa shape index (κ3) is 6.60. The molecule has 2 aliphatic carbocycles. The van der Waals surface area contributed by atoms with E-state index in [4.69, 9.17) is 9.26 Å². The maximum atomic E-state index is 13.7. The minimum Gasteiger partial charge on any atom is -0.381 e. The molecule has 2 heterocycles.